The highest BCUT2D eigenvalue weighted by molar-refractivity contribution is 7.92. The number of hydrogen-bond acceptors (Lipinski definition) is 6. The smallest absolute Gasteiger partial charge is 0.338 e. The number of amides is 2. The van der Waals surface area contributed by atoms with Crippen LogP contribution in [0.4, 0.5) is 11.4 Å². The summed E-state index contributed by atoms with van der Waals surface area (Å²) in [5.74, 6) is -1.35. The minimum Gasteiger partial charge on any atom is -0.462 e. The molecule has 10 heteroatoms. The average molecular weight is 448 g/mol. The van der Waals surface area contributed by atoms with Gasteiger partial charge in [0.25, 0.3) is 5.91 Å². The van der Waals surface area contributed by atoms with Gasteiger partial charge in [0, 0.05) is 25.3 Å². The lowest BCUT2D eigenvalue weighted by Crippen LogP contribution is -2.37. The van der Waals surface area contributed by atoms with Crippen LogP contribution in [0, 0.1) is 0 Å². The van der Waals surface area contributed by atoms with Gasteiger partial charge < -0.3 is 15.0 Å². The number of ether oxygens (including phenoxy) is 1. The number of nitrogens with zero attached hydrogens (tertiary/aromatic N) is 2. The molecule has 31 heavy (non-hydrogen) atoms. The summed E-state index contributed by atoms with van der Waals surface area (Å²) in [5, 5.41) is 2.58. The van der Waals surface area contributed by atoms with E-state index in [2.05, 4.69) is 5.32 Å². The Hall–Kier alpha value is -3.40. The number of esters is 1. The molecule has 0 spiro atoms. The number of rotatable bonds is 8. The Labute approximate surface area is 181 Å². The van der Waals surface area contributed by atoms with Crippen molar-refractivity contribution in [2.75, 3.05) is 43.1 Å². The highest BCUT2D eigenvalue weighted by Gasteiger charge is 2.22. The van der Waals surface area contributed by atoms with Crippen molar-refractivity contribution < 1.29 is 27.5 Å². The fourth-order valence-corrected chi connectivity index (χ4v) is 3.55. The third kappa shape index (κ3) is 6.54. The van der Waals surface area contributed by atoms with Crippen LogP contribution in [-0.4, -0.2) is 64.6 Å². The topological polar surface area (TPSA) is 113 Å². The van der Waals surface area contributed by atoms with Crippen LogP contribution in [0.2, 0.25) is 0 Å². The lowest BCUT2D eigenvalue weighted by molar-refractivity contribution is -0.114. The van der Waals surface area contributed by atoms with Crippen molar-refractivity contribution in [2.45, 2.75) is 6.92 Å². The van der Waals surface area contributed by atoms with E-state index in [4.69, 9.17) is 4.74 Å². The lowest BCUT2D eigenvalue weighted by atomic mass is 10.2. The normalized spacial score (nSPS) is 10.8. The van der Waals surface area contributed by atoms with Crippen LogP contribution in [0.3, 0.4) is 0 Å². The molecule has 2 aromatic rings. The van der Waals surface area contributed by atoms with Crippen molar-refractivity contribution >= 4 is 39.2 Å². The van der Waals surface area contributed by atoms with E-state index in [0.717, 1.165) is 10.6 Å². The monoisotopic (exact) mass is 447 g/mol. The molecule has 0 aliphatic rings. The van der Waals surface area contributed by atoms with Crippen LogP contribution in [0.25, 0.3) is 0 Å². The molecular weight excluding hydrogens is 422 g/mol. The maximum absolute atomic E-state index is 12.5. The zero-order chi connectivity index (χ0) is 23.2. The molecule has 0 bridgehead atoms. The molecule has 9 nitrogen and oxygen atoms in total. The third-order valence-electron chi connectivity index (χ3n) is 4.15. The Morgan fingerprint density at radius 1 is 1.00 bits per heavy atom. The number of nitrogens with one attached hydrogen (secondary N) is 1. The van der Waals surface area contributed by atoms with E-state index < -0.39 is 28.4 Å². The van der Waals surface area contributed by atoms with Gasteiger partial charge in [0.2, 0.25) is 15.9 Å². The Balaban J connectivity index is 2.19. The van der Waals surface area contributed by atoms with Crippen molar-refractivity contribution in [3.05, 3.63) is 59.7 Å². The highest BCUT2D eigenvalue weighted by Crippen LogP contribution is 2.19. The number of carbonyl (C=O) groups is 3. The molecule has 2 aromatic carbocycles. The molecule has 1 N–H and O–H groups in total. The van der Waals surface area contributed by atoms with Crippen LogP contribution >= 0.6 is 0 Å². The predicted octanol–water partition coefficient (Wildman–Crippen LogP) is 1.97. The summed E-state index contributed by atoms with van der Waals surface area (Å²) in [7, 11) is -0.558. The molecule has 0 saturated heterocycles. The van der Waals surface area contributed by atoms with E-state index in [1.54, 1.807) is 39.2 Å². The second kappa shape index (κ2) is 10.1. The molecule has 0 fully saturated rings. The van der Waals surface area contributed by atoms with E-state index in [9.17, 15) is 22.8 Å². The molecule has 2 amide bonds. The molecule has 0 atom stereocenters. The fraction of sp³-hybridized carbons (Fsp3) is 0.286. The maximum Gasteiger partial charge on any atom is 0.338 e. The number of benzene rings is 2. The summed E-state index contributed by atoms with van der Waals surface area (Å²) in [6.07, 6.45) is 0.987. The van der Waals surface area contributed by atoms with Crippen molar-refractivity contribution in [1.82, 2.24) is 4.90 Å². The van der Waals surface area contributed by atoms with E-state index in [1.807, 2.05) is 0 Å². The molecule has 0 heterocycles. The Bertz CT molecular complexity index is 1060. The van der Waals surface area contributed by atoms with Crippen molar-refractivity contribution in [3.63, 3.8) is 0 Å². The summed E-state index contributed by atoms with van der Waals surface area (Å²) in [5.41, 5.74) is 1.23. The van der Waals surface area contributed by atoms with Crippen molar-refractivity contribution in [1.29, 1.82) is 0 Å². The standard InChI is InChI=1S/C21H25N3O6S/c1-5-30-21(27)16-7-6-8-17(13-16)22-19(25)14-24(31(4,28)29)18-11-9-15(10-12-18)20(26)23(2)3/h6-13H,5,14H2,1-4H3,(H,22,25). The molecule has 0 unspecified atom stereocenters. The predicted molar refractivity (Wildman–Crippen MR) is 118 cm³/mol. The first-order valence-corrected chi connectivity index (χ1v) is 11.2. The Morgan fingerprint density at radius 3 is 2.19 bits per heavy atom. The third-order valence-corrected chi connectivity index (χ3v) is 5.29. The van der Waals surface area contributed by atoms with Crippen LogP contribution < -0.4 is 9.62 Å². The van der Waals surface area contributed by atoms with Gasteiger partial charge in [0.1, 0.15) is 6.54 Å². The summed E-state index contributed by atoms with van der Waals surface area (Å²) >= 11 is 0. The zero-order valence-electron chi connectivity index (χ0n) is 17.8. The SMILES string of the molecule is CCOC(=O)c1cccc(NC(=O)CN(c2ccc(C(=O)N(C)C)cc2)S(C)(=O)=O)c1. The summed E-state index contributed by atoms with van der Waals surface area (Å²) in [4.78, 5) is 37.8. The highest BCUT2D eigenvalue weighted by atomic mass is 32.2. The zero-order valence-corrected chi connectivity index (χ0v) is 18.6. The van der Waals surface area contributed by atoms with Gasteiger partial charge in [-0.1, -0.05) is 6.07 Å². The molecule has 2 rings (SSSR count). The first kappa shape index (κ1) is 23.9. The fourth-order valence-electron chi connectivity index (χ4n) is 2.70. The first-order valence-electron chi connectivity index (χ1n) is 9.39. The summed E-state index contributed by atoms with van der Waals surface area (Å²) in [6.45, 7) is 1.42. The second-order valence-electron chi connectivity index (χ2n) is 6.87. The molecular formula is C21H25N3O6S. The van der Waals surface area contributed by atoms with Crippen molar-refractivity contribution in [2.24, 2.45) is 0 Å². The molecule has 0 aliphatic heterocycles. The average Bonchev–Trinajstić information content (AvgIpc) is 2.71. The molecule has 166 valence electrons. The summed E-state index contributed by atoms with van der Waals surface area (Å²) < 4.78 is 30.4. The van der Waals surface area contributed by atoms with Gasteiger partial charge in [0.05, 0.1) is 24.1 Å². The van der Waals surface area contributed by atoms with Crippen LogP contribution in [0.5, 0.6) is 0 Å². The van der Waals surface area contributed by atoms with E-state index in [-0.39, 0.29) is 23.8 Å². The van der Waals surface area contributed by atoms with E-state index in [1.165, 1.54) is 35.2 Å². The lowest BCUT2D eigenvalue weighted by Gasteiger charge is -2.22. The van der Waals surface area contributed by atoms with Gasteiger partial charge in [-0.05, 0) is 49.4 Å². The molecule has 0 saturated carbocycles. The van der Waals surface area contributed by atoms with Gasteiger partial charge in [-0.25, -0.2) is 13.2 Å². The van der Waals surface area contributed by atoms with Crippen LogP contribution in [0.15, 0.2) is 48.5 Å². The Morgan fingerprint density at radius 2 is 1.65 bits per heavy atom. The summed E-state index contributed by atoms with van der Waals surface area (Å²) in [6, 6.07) is 12.1. The molecule has 0 radical (unpaired) electrons. The van der Waals surface area contributed by atoms with Crippen LogP contribution in [-0.2, 0) is 19.6 Å². The number of hydrogen-bond donors (Lipinski definition) is 1. The van der Waals surface area contributed by atoms with Crippen molar-refractivity contribution in [3.8, 4) is 0 Å². The second-order valence-corrected chi connectivity index (χ2v) is 8.77. The Kier molecular flexibility index (Phi) is 7.76. The minimum atomic E-state index is -3.78. The largest absolute Gasteiger partial charge is 0.462 e. The maximum atomic E-state index is 12.5. The molecule has 0 aromatic heterocycles. The van der Waals surface area contributed by atoms with Gasteiger partial charge >= 0.3 is 5.97 Å². The van der Waals surface area contributed by atoms with E-state index in [0.29, 0.717) is 11.3 Å². The number of carbonyl (C=O) groups excluding carboxylic acids is 3. The molecule has 0 aliphatic carbocycles. The minimum absolute atomic E-state index is 0.220. The van der Waals surface area contributed by atoms with Gasteiger partial charge in [-0.15, -0.1) is 0 Å². The van der Waals surface area contributed by atoms with Gasteiger partial charge in [-0.3, -0.25) is 13.9 Å². The van der Waals surface area contributed by atoms with Crippen LogP contribution in [0.1, 0.15) is 27.6 Å². The van der Waals surface area contributed by atoms with E-state index >= 15 is 0 Å². The first-order chi connectivity index (χ1) is 14.5. The number of anilines is 2. The number of sulfonamides is 1. The van der Waals surface area contributed by atoms with Gasteiger partial charge in [-0.2, -0.15) is 0 Å². The quantitative estimate of drug-likeness (QED) is 0.619. The van der Waals surface area contributed by atoms with Gasteiger partial charge in [0.15, 0.2) is 0 Å².